The van der Waals surface area contributed by atoms with E-state index in [1.165, 1.54) is 12.8 Å². The number of rotatable bonds is 2. The van der Waals surface area contributed by atoms with Crippen LogP contribution >= 0.6 is 12.4 Å². The topological polar surface area (TPSA) is 76.7 Å². The Kier molecular flexibility index (Phi) is 4.56. The molecule has 0 saturated heterocycles. The Labute approximate surface area is 101 Å². The zero-order valence-corrected chi connectivity index (χ0v) is 10.3. The quantitative estimate of drug-likeness (QED) is 0.802. The van der Waals surface area contributed by atoms with E-state index in [0.717, 1.165) is 25.1 Å². The summed E-state index contributed by atoms with van der Waals surface area (Å²) >= 11 is 0. The Morgan fingerprint density at radius 2 is 2.19 bits per heavy atom. The number of aromatic amines is 1. The van der Waals surface area contributed by atoms with Gasteiger partial charge in [0.15, 0.2) is 0 Å². The number of halogens is 1. The molecule has 0 aromatic carbocycles. The van der Waals surface area contributed by atoms with Crippen molar-refractivity contribution >= 4 is 12.4 Å². The van der Waals surface area contributed by atoms with Crippen LogP contribution in [0, 0.1) is 5.92 Å². The van der Waals surface area contributed by atoms with Crippen LogP contribution in [-0.2, 0) is 13.5 Å². The first kappa shape index (κ1) is 13.3. The molecule has 0 radical (unpaired) electrons. The van der Waals surface area contributed by atoms with Crippen molar-refractivity contribution in [3.05, 3.63) is 16.3 Å². The van der Waals surface area contributed by atoms with E-state index in [0.29, 0.717) is 5.92 Å². The Morgan fingerprint density at radius 3 is 2.75 bits per heavy atom. The SMILES string of the molecule is Cl.Cn1c(C[C@@H]2CCCC[C@@H]2N)n[nH]c1=O. The lowest BCUT2D eigenvalue weighted by atomic mass is 9.83. The number of hydrogen-bond acceptors (Lipinski definition) is 3. The zero-order chi connectivity index (χ0) is 10.8. The van der Waals surface area contributed by atoms with Gasteiger partial charge in [0.1, 0.15) is 5.82 Å². The first-order valence-corrected chi connectivity index (χ1v) is 5.54. The van der Waals surface area contributed by atoms with Gasteiger partial charge in [-0.3, -0.25) is 4.57 Å². The molecule has 5 nitrogen and oxygen atoms in total. The maximum atomic E-state index is 11.2. The van der Waals surface area contributed by atoms with Crippen LogP contribution in [0.2, 0.25) is 0 Å². The van der Waals surface area contributed by atoms with Crippen LogP contribution in [-0.4, -0.2) is 20.8 Å². The first-order valence-electron chi connectivity index (χ1n) is 5.54. The van der Waals surface area contributed by atoms with Crippen LogP contribution in [0.5, 0.6) is 0 Å². The summed E-state index contributed by atoms with van der Waals surface area (Å²) in [6, 6.07) is 0.269. The van der Waals surface area contributed by atoms with E-state index >= 15 is 0 Å². The Bertz CT molecular complexity index is 386. The molecule has 0 spiro atoms. The normalized spacial score (nSPS) is 25.1. The van der Waals surface area contributed by atoms with Gasteiger partial charge in [-0.15, -0.1) is 12.4 Å². The number of nitrogens with one attached hydrogen (secondary N) is 1. The molecular weight excluding hydrogens is 228 g/mol. The van der Waals surface area contributed by atoms with Gasteiger partial charge >= 0.3 is 5.69 Å². The van der Waals surface area contributed by atoms with Crippen LogP contribution in [0.4, 0.5) is 0 Å². The molecule has 1 aliphatic rings. The van der Waals surface area contributed by atoms with Crippen molar-refractivity contribution in [2.75, 3.05) is 0 Å². The lowest BCUT2D eigenvalue weighted by Crippen LogP contribution is -2.35. The predicted molar refractivity (Wildman–Crippen MR) is 64.7 cm³/mol. The molecular formula is C10H19ClN4O. The summed E-state index contributed by atoms with van der Waals surface area (Å²) in [5, 5.41) is 6.47. The van der Waals surface area contributed by atoms with Crippen molar-refractivity contribution in [2.24, 2.45) is 18.7 Å². The lowest BCUT2D eigenvalue weighted by molar-refractivity contribution is 0.300. The minimum atomic E-state index is -0.144. The largest absolute Gasteiger partial charge is 0.343 e. The summed E-state index contributed by atoms with van der Waals surface area (Å²) in [6.45, 7) is 0. The van der Waals surface area contributed by atoms with Gasteiger partial charge in [-0.05, 0) is 18.8 Å². The van der Waals surface area contributed by atoms with Crippen molar-refractivity contribution < 1.29 is 0 Å². The molecule has 6 heteroatoms. The monoisotopic (exact) mass is 246 g/mol. The van der Waals surface area contributed by atoms with E-state index in [4.69, 9.17) is 5.73 Å². The fourth-order valence-corrected chi connectivity index (χ4v) is 2.29. The molecule has 0 amide bonds. The maximum Gasteiger partial charge on any atom is 0.343 e. The Hall–Kier alpha value is -0.810. The van der Waals surface area contributed by atoms with Gasteiger partial charge in [-0.25, -0.2) is 9.89 Å². The van der Waals surface area contributed by atoms with Crippen LogP contribution < -0.4 is 11.4 Å². The third-order valence-electron chi connectivity index (χ3n) is 3.39. The lowest BCUT2D eigenvalue weighted by Gasteiger charge is -2.27. The Morgan fingerprint density at radius 1 is 1.50 bits per heavy atom. The van der Waals surface area contributed by atoms with Crippen LogP contribution in [0.15, 0.2) is 4.79 Å². The van der Waals surface area contributed by atoms with Gasteiger partial charge in [-0.2, -0.15) is 5.10 Å². The number of hydrogen-bond donors (Lipinski definition) is 2. The highest BCUT2D eigenvalue weighted by Crippen LogP contribution is 2.25. The van der Waals surface area contributed by atoms with E-state index in [1.54, 1.807) is 11.6 Å². The average Bonchev–Trinajstić information content (AvgIpc) is 2.53. The zero-order valence-electron chi connectivity index (χ0n) is 9.48. The summed E-state index contributed by atoms with van der Waals surface area (Å²) in [6.07, 6.45) is 5.55. The Balaban J connectivity index is 0.00000128. The van der Waals surface area contributed by atoms with Crippen LogP contribution in [0.1, 0.15) is 31.5 Å². The van der Waals surface area contributed by atoms with E-state index in [9.17, 15) is 4.79 Å². The van der Waals surface area contributed by atoms with Gasteiger partial charge in [0.2, 0.25) is 0 Å². The standard InChI is InChI=1S/C10H18N4O.ClH/c1-14-9(12-13-10(14)15)6-7-4-2-3-5-8(7)11;/h7-8H,2-6,11H2,1H3,(H,13,15);1H/t7-,8-;/m0./s1. The molecule has 1 aliphatic carbocycles. The second-order valence-electron chi connectivity index (χ2n) is 4.42. The molecule has 2 rings (SSSR count). The minimum absolute atomic E-state index is 0. The molecule has 92 valence electrons. The molecule has 1 aromatic heterocycles. The molecule has 16 heavy (non-hydrogen) atoms. The molecule has 0 bridgehead atoms. The third kappa shape index (κ3) is 2.65. The number of aromatic nitrogens is 3. The number of H-pyrrole nitrogens is 1. The van der Waals surface area contributed by atoms with Crippen molar-refractivity contribution in [2.45, 2.75) is 38.1 Å². The molecule has 0 aliphatic heterocycles. The highest BCUT2D eigenvalue weighted by molar-refractivity contribution is 5.85. The highest BCUT2D eigenvalue weighted by atomic mass is 35.5. The molecule has 2 atom stereocenters. The predicted octanol–water partition coefficient (Wildman–Crippen LogP) is 0.590. The van der Waals surface area contributed by atoms with Crippen molar-refractivity contribution in [1.82, 2.24) is 14.8 Å². The van der Waals surface area contributed by atoms with E-state index in [1.807, 2.05) is 0 Å². The molecule has 1 heterocycles. The van der Waals surface area contributed by atoms with Gasteiger partial charge in [0, 0.05) is 19.5 Å². The summed E-state index contributed by atoms with van der Waals surface area (Å²) < 4.78 is 1.57. The first-order chi connectivity index (χ1) is 7.18. The molecule has 3 N–H and O–H groups in total. The van der Waals surface area contributed by atoms with Gasteiger partial charge < -0.3 is 5.73 Å². The van der Waals surface area contributed by atoms with Gasteiger partial charge in [0.05, 0.1) is 0 Å². The van der Waals surface area contributed by atoms with Crippen LogP contribution in [0.25, 0.3) is 0 Å². The van der Waals surface area contributed by atoms with Gasteiger partial charge in [-0.1, -0.05) is 12.8 Å². The summed E-state index contributed by atoms with van der Waals surface area (Å²) in [5.74, 6) is 1.30. The van der Waals surface area contributed by atoms with E-state index < -0.39 is 0 Å². The summed E-state index contributed by atoms with van der Waals surface area (Å²) in [4.78, 5) is 11.2. The minimum Gasteiger partial charge on any atom is -0.327 e. The smallest absolute Gasteiger partial charge is 0.327 e. The fraction of sp³-hybridized carbons (Fsp3) is 0.800. The van der Waals surface area contributed by atoms with Crippen molar-refractivity contribution in [1.29, 1.82) is 0 Å². The molecule has 0 unspecified atom stereocenters. The van der Waals surface area contributed by atoms with E-state index in [-0.39, 0.29) is 24.1 Å². The average molecular weight is 247 g/mol. The molecule has 1 aromatic rings. The van der Waals surface area contributed by atoms with Crippen molar-refractivity contribution in [3.8, 4) is 0 Å². The number of nitrogens with zero attached hydrogens (tertiary/aromatic N) is 2. The van der Waals surface area contributed by atoms with E-state index in [2.05, 4.69) is 10.2 Å². The molecule has 1 saturated carbocycles. The second-order valence-corrected chi connectivity index (χ2v) is 4.42. The maximum absolute atomic E-state index is 11.2. The van der Waals surface area contributed by atoms with Crippen molar-refractivity contribution in [3.63, 3.8) is 0 Å². The highest BCUT2D eigenvalue weighted by Gasteiger charge is 2.23. The molecule has 1 fully saturated rings. The third-order valence-corrected chi connectivity index (χ3v) is 3.39. The van der Waals surface area contributed by atoms with Gasteiger partial charge in [0.25, 0.3) is 0 Å². The summed E-state index contributed by atoms with van der Waals surface area (Å²) in [5.41, 5.74) is 5.91. The summed E-state index contributed by atoms with van der Waals surface area (Å²) in [7, 11) is 1.75. The van der Waals surface area contributed by atoms with Crippen LogP contribution in [0.3, 0.4) is 0 Å². The second kappa shape index (κ2) is 5.50. The fourth-order valence-electron chi connectivity index (χ4n) is 2.29. The number of nitrogens with two attached hydrogens (primary N) is 1.